The van der Waals surface area contributed by atoms with Gasteiger partial charge in [0.25, 0.3) is 0 Å². The van der Waals surface area contributed by atoms with Crippen LogP contribution in [0, 0.1) is 0 Å². The second-order valence-corrected chi connectivity index (χ2v) is 4.89. The van der Waals surface area contributed by atoms with Gasteiger partial charge in [-0.25, -0.2) is 0 Å². The Bertz CT molecular complexity index is 410. The van der Waals surface area contributed by atoms with Crippen LogP contribution in [-0.2, 0) is 4.79 Å². The molecule has 0 heterocycles. The molecule has 1 unspecified atom stereocenters. The first-order valence-electron chi connectivity index (χ1n) is 5.99. The van der Waals surface area contributed by atoms with Crippen LogP contribution in [0.5, 0.6) is 0 Å². The van der Waals surface area contributed by atoms with Crippen LogP contribution in [0.2, 0.25) is 10.0 Å². The molecule has 3 nitrogen and oxygen atoms in total. The summed E-state index contributed by atoms with van der Waals surface area (Å²) in [5, 5.41) is 7.34. The first-order chi connectivity index (χ1) is 8.54. The normalized spacial score (nSPS) is 12.2. The quantitative estimate of drug-likeness (QED) is 0.844. The predicted molar refractivity (Wildman–Crippen MR) is 76.2 cm³/mol. The van der Waals surface area contributed by atoms with E-state index < -0.39 is 0 Å². The van der Waals surface area contributed by atoms with E-state index in [-0.39, 0.29) is 11.9 Å². The van der Waals surface area contributed by atoms with Crippen LogP contribution < -0.4 is 10.6 Å². The molecule has 1 rings (SSSR count). The van der Waals surface area contributed by atoms with E-state index in [4.69, 9.17) is 23.2 Å². The zero-order chi connectivity index (χ0) is 13.5. The number of amides is 1. The third kappa shape index (κ3) is 4.84. The predicted octanol–water partition coefficient (Wildman–Crippen LogP) is 3.17. The second-order valence-electron chi connectivity index (χ2n) is 4.05. The van der Waals surface area contributed by atoms with Crippen LogP contribution in [0.25, 0.3) is 0 Å². The van der Waals surface area contributed by atoms with Crippen LogP contribution in [0.15, 0.2) is 18.2 Å². The van der Waals surface area contributed by atoms with Crippen molar-refractivity contribution in [2.45, 2.75) is 26.3 Å². The van der Waals surface area contributed by atoms with Crippen molar-refractivity contribution in [1.29, 1.82) is 0 Å². The Balaban J connectivity index is 2.47. The molecule has 1 aromatic carbocycles. The molecular formula is C13H18Cl2N2O. The molecule has 0 spiro atoms. The molecule has 0 aromatic heterocycles. The third-order valence-corrected chi connectivity index (χ3v) is 3.18. The van der Waals surface area contributed by atoms with Crippen molar-refractivity contribution < 1.29 is 4.79 Å². The van der Waals surface area contributed by atoms with E-state index in [9.17, 15) is 4.79 Å². The number of rotatable bonds is 6. The van der Waals surface area contributed by atoms with Gasteiger partial charge in [-0.1, -0.05) is 23.2 Å². The van der Waals surface area contributed by atoms with Crippen molar-refractivity contribution in [2.75, 3.05) is 13.1 Å². The molecule has 0 aliphatic rings. The van der Waals surface area contributed by atoms with Crippen molar-refractivity contribution in [1.82, 2.24) is 10.6 Å². The lowest BCUT2D eigenvalue weighted by atomic mass is 10.1. The topological polar surface area (TPSA) is 41.1 Å². The number of benzene rings is 1. The lowest BCUT2D eigenvalue weighted by Crippen LogP contribution is -2.28. The van der Waals surface area contributed by atoms with E-state index in [1.165, 1.54) is 0 Å². The average molecular weight is 289 g/mol. The fourth-order valence-electron chi connectivity index (χ4n) is 1.64. The molecule has 1 atom stereocenters. The standard InChI is InChI=1S/C13H18Cl2N2O/c1-3-16-13(18)6-7-17-9(2)11-8-10(14)4-5-12(11)15/h4-5,8-9,17H,3,6-7H2,1-2H3,(H,16,18). The van der Waals surface area contributed by atoms with Gasteiger partial charge in [0.15, 0.2) is 0 Å². The fraction of sp³-hybridized carbons (Fsp3) is 0.462. The largest absolute Gasteiger partial charge is 0.356 e. The molecule has 0 radical (unpaired) electrons. The fourth-order valence-corrected chi connectivity index (χ4v) is 2.11. The Hall–Kier alpha value is -0.770. The highest BCUT2D eigenvalue weighted by molar-refractivity contribution is 6.33. The Morgan fingerprint density at radius 1 is 1.39 bits per heavy atom. The van der Waals surface area contributed by atoms with Crippen molar-refractivity contribution in [3.8, 4) is 0 Å². The van der Waals surface area contributed by atoms with Crippen LogP contribution in [0.4, 0.5) is 0 Å². The van der Waals surface area contributed by atoms with Crippen molar-refractivity contribution in [3.05, 3.63) is 33.8 Å². The molecule has 1 amide bonds. The maximum absolute atomic E-state index is 11.3. The van der Waals surface area contributed by atoms with Gasteiger partial charge in [0.2, 0.25) is 5.91 Å². The maximum atomic E-state index is 11.3. The minimum atomic E-state index is 0.0504. The van der Waals surface area contributed by atoms with Crippen LogP contribution in [0.3, 0.4) is 0 Å². The number of halogens is 2. The van der Waals surface area contributed by atoms with Gasteiger partial charge in [0.1, 0.15) is 0 Å². The molecule has 100 valence electrons. The second kappa shape index (κ2) is 7.62. The van der Waals surface area contributed by atoms with Gasteiger partial charge >= 0.3 is 0 Å². The van der Waals surface area contributed by atoms with Crippen molar-refractivity contribution in [2.24, 2.45) is 0 Å². The van der Waals surface area contributed by atoms with Gasteiger partial charge in [0, 0.05) is 35.6 Å². The number of nitrogens with one attached hydrogen (secondary N) is 2. The van der Waals surface area contributed by atoms with Gasteiger partial charge in [0.05, 0.1) is 0 Å². The Morgan fingerprint density at radius 3 is 2.78 bits per heavy atom. The first kappa shape index (κ1) is 15.3. The number of carbonyl (C=O) groups excluding carboxylic acids is 1. The summed E-state index contributed by atoms with van der Waals surface area (Å²) in [6.07, 6.45) is 0.455. The summed E-state index contributed by atoms with van der Waals surface area (Å²) in [6, 6.07) is 5.44. The summed E-state index contributed by atoms with van der Waals surface area (Å²) in [7, 11) is 0. The van der Waals surface area contributed by atoms with E-state index in [0.717, 1.165) is 5.56 Å². The minimum absolute atomic E-state index is 0.0504. The molecule has 18 heavy (non-hydrogen) atoms. The highest BCUT2D eigenvalue weighted by Crippen LogP contribution is 2.25. The van der Waals surface area contributed by atoms with Crippen LogP contribution in [-0.4, -0.2) is 19.0 Å². The Labute approximate surface area is 118 Å². The molecule has 0 aliphatic carbocycles. The number of hydrogen-bond donors (Lipinski definition) is 2. The van der Waals surface area contributed by atoms with Gasteiger partial charge in [-0.2, -0.15) is 0 Å². The van der Waals surface area contributed by atoms with E-state index in [1.54, 1.807) is 12.1 Å². The molecule has 0 bridgehead atoms. The number of carbonyl (C=O) groups is 1. The van der Waals surface area contributed by atoms with E-state index in [1.807, 2.05) is 19.9 Å². The Morgan fingerprint density at radius 2 is 2.11 bits per heavy atom. The summed E-state index contributed by atoms with van der Waals surface area (Å²) in [4.78, 5) is 11.3. The van der Waals surface area contributed by atoms with Gasteiger partial charge < -0.3 is 10.6 Å². The van der Waals surface area contributed by atoms with Crippen molar-refractivity contribution in [3.63, 3.8) is 0 Å². The van der Waals surface area contributed by atoms with E-state index >= 15 is 0 Å². The summed E-state index contributed by atoms with van der Waals surface area (Å²) >= 11 is 12.0. The number of hydrogen-bond acceptors (Lipinski definition) is 2. The Kier molecular flexibility index (Phi) is 6.47. The molecule has 1 aromatic rings. The monoisotopic (exact) mass is 288 g/mol. The summed E-state index contributed by atoms with van der Waals surface area (Å²) in [5.74, 6) is 0.0504. The summed E-state index contributed by atoms with van der Waals surface area (Å²) < 4.78 is 0. The van der Waals surface area contributed by atoms with Gasteiger partial charge in [-0.05, 0) is 37.6 Å². The van der Waals surface area contributed by atoms with Gasteiger partial charge in [-0.15, -0.1) is 0 Å². The molecule has 2 N–H and O–H groups in total. The maximum Gasteiger partial charge on any atom is 0.221 e. The van der Waals surface area contributed by atoms with Crippen molar-refractivity contribution >= 4 is 29.1 Å². The lowest BCUT2D eigenvalue weighted by Gasteiger charge is -2.15. The third-order valence-electron chi connectivity index (χ3n) is 2.60. The van der Waals surface area contributed by atoms with E-state index in [2.05, 4.69) is 10.6 Å². The van der Waals surface area contributed by atoms with E-state index in [0.29, 0.717) is 29.6 Å². The molecule has 0 saturated carbocycles. The molecule has 0 saturated heterocycles. The molecule has 0 aliphatic heterocycles. The minimum Gasteiger partial charge on any atom is -0.356 e. The molecular weight excluding hydrogens is 271 g/mol. The highest BCUT2D eigenvalue weighted by Gasteiger charge is 2.10. The zero-order valence-electron chi connectivity index (χ0n) is 10.6. The molecule has 5 heteroatoms. The van der Waals surface area contributed by atoms with Crippen LogP contribution >= 0.6 is 23.2 Å². The smallest absolute Gasteiger partial charge is 0.221 e. The zero-order valence-corrected chi connectivity index (χ0v) is 12.1. The highest BCUT2D eigenvalue weighted by atomic mass is 35.5. The summed E-state index contributed by atoms with van der Waals surface area (Å²) in [6.45, 7) is 5.17. The van der Waals surface area contributed by atoms with Crippen LogP contribution in [0.1, 0.15) is 31.9 Å². The summed E-state index contributed by atoms with van der Waals surface area (Å²) in [5.41, 5.74) is 0.945. The first-order valence-corrected chi connectivity index (χ1v) is 6.75. The SMILES string of the molecule is CCNC(=O)CCNC(C)c1cc(Cl)ccc1Cl. The lowest BCUT2D eigenvalue weighted by molar-refractivity contribution is -0.120. The average Bonchev–Trinajstić information content (AvgIpc) is 2.32. The van der Waals surface area contributed by atoms with Gasteiger partial charge in [-0.3, -0.25) is 4.79 Å². The molecule has 0 fully saturated rings.